The highest BCUT2D eigenvalue weighted by Gasteiger charge is 2.36. The number of thiazole rings is 1. The predicted octanol–water partition coefficient (Wildman–Crippen LogP) is 3.12. The summed E-state index contributed by atoms with van der Waals surface area (Å²) in [5, 5.41) is 5.05. The Morgan fingerprint density at radius 1 is 1.00 bits per heavy atom. The van der Waals surface area contributed by atoms with Crippen LogP contribution in [0.3, 0.4) is 0 Å². The fourth-order valence-corrected chi connectivity index (χ4v) is 3.37. The van der Waals surface area contributed by atoms with Crippen molar-refractivity contribution in [3.05, 3.63) is 76.8 Å². The third-order valence-electron chi connectivity index (χ3n) is 4.03. The SMILES string of the molecule is O=C(Cc1ccc(N2C(=O)c3ccccc3C2=O)cc1)Nc1nccs1. The van der Waals surface area contributed by atoms with Gasteiger partial charge in [-0.25, -0.2) is 9.88 Å². The Kier molecular flexibility index (Phi) is 4.06. The number of aromatic nitrogens is 1. The van der Waals surface area contributed by atoms with Crippen LogP contribution in [0.2, 0.25) is 0 Å². The zero-order valence-corrected chi connectivity index (χ0v) is 14.3. The summed E-state index contributed by atoms with van der Waals surface area (Å²) in [6, 6.07) is 13.6. The summed E-state index contributed by atoms with van der Waals surface area (Å²) >= 11 is 1.35. The van der Waals surface area contributed by atoms with Crippen LogP contribution in [-0.4, -0.2) is 22.7 Å². The van der Waals surface area contributed by atoms with E-state index in [0.717, 1.165) is 10.5 Å². The molecule has 0 saturated carbocycles. The minimum absolute atomic E-state index is 0.173. The minimum atomic E-state index is -0.333. The summed E-state index contributed by atoms with van der Waals surface area (Å²) in [4.78, 5) is 42.1. The number of anilines is 2. The highest BCUT2D eigenvalue weighted by atomic mass is 32.1. The van der Waals surface area contributed by atoms with Gasteiger partial charge >= 0.3 is 0 Å². The number of hydrogen-bond acceptors (Lipinski definition) is 5. The highest BCUT2D eigenvalue weighted by molar-refractivity contribution is 7.13. The van der Waals surface area contributed by atoms with Gasteiger partial charge in [0, 0.05) is 11.6 Å². The van der Waals surface area contributed by atoms with E-state index >= 15 is 0 Å². The Bertz CT molecular complexity index is 962. The van der Waals surface area contributed by atoms with Crippen molar-refractivity contribution in [1.82, 2.24) is 4.98 Å². The number of carbonyl (C=O) groups excluding carboxylic acids is 3. The molecule has 0 fully saturated rings. The molecule has 128 valence electrons. The zero-order chi connectivity index (χ0) is 18.1. The molecule has 2 aromatic carbocycles. The fraction of sp³-hybridized carbons (Fsp3) is 0.0526. The molecule has 3 amide bonds. The first-order valence-corrected chi connectivity index (χ1v) is 8.77. The van der Waals surface area contributed by atoms with Gasteiger partial charge in [0.2, 0.25) is 5.91 Å². The smallest absolute Gasteiger partial charge is 0.266 e. The number of rotatable bonds is 4. The molecule has 0 radical (unpaired) electrons. The van der Waals surface area contributed by atoms with Gasteiger partial charge in [0.1, 0.15) is 0 Å². The fourth-order valence-electron chi connectivity index (χ4n) is 2.82. The van der Waals surface area contributed by atoms with E-state index in [1.165, 1.54) is 11.3 Å². The number of nitrogens with zero attached hydrogens (tertiary/aromatic N) is 2. The van der Waals surface area contributed by atoms with Crippen molar-refractivity contribution in [2.45, 2.75) is 6.42 Å². The molecule has 2 heterocycles. The molecule has 4 rings (SSSR count). The normalized spacial score (nSPS) is 13.0. The van der Waals surface area contributed by atoms with Crippen LogP contribution in [0, 0.1) is 0 Å². The van der Waals surface area contributed by atoms with E-state index in [-0.39, 0.29) is 24.1 Å². The molecule has 0 aliphatic carbocycles. The average molecular weight is 363 g/mol. The molecule has 6 nitrogen and oxygen atoms in total. The standard InChI is InChI=1S/C19H13N3O3S/c23-16(21-19-20-9-10-26-19)11-12-5-7-13(8-6-12)22-17(24)14-3-1-2-4-15(14)18(22)25/h1-10H,11H2,(H,20,21,23). The van der Waals surface area contributed by atoms with Crippen LogP contribution in [0.25, 0.3) is 0 Å². The van der Waals surface area contributed by atoms with Crippen LogP contribution in [0.1, 0.15) is 26.3 Å². The van der Waals surface area contributed by atoms with Gasteiger partial charge in [0.25, 0.3) is 11.8 Å². The molecule has 0 unspecified atom stereocenters. The van der Waals surface area contributed by atoms with E-state index in [4.69, 9.17) is 0 Å². The quantitative estimate of drug-likeness (QED) is 0.722. The summed E-state index contributed by atoms with van der Waals surface area (Å²) < 4.78 is 0. The average Bonchev–Trinajstić information content (AvgIpc) is 3.24. The summed E-state index contributed by atoms with van der Waals surface area (Å²) in [6.45, 7) is 0. The summed E-state index contributed by atoms with van der Waals surface area (Å²) in [6.07, 6.45) is 1.80. The van der Waals surface area contributed by atoms with Gasteiger partial charge in [0.05, 0.1) is 23.2 Å². The first-order chi connectivity index (χ1) is 12.6. The Hall–Kier alpha value is -3.32. The predicted molar refractivity (Wildman–Crippen MR) is 98.5 cm³/mol. The van der Waals surface area contributed by atoms with E-state index in [1.807, 2.05) is 0 Å². The summed E-state index contributed by atoms with van der Waals surface area (Å²) in [5.41, 5.74) is 2.08. The third kappa shape index (κ3) is 2.89. The van der Waals surface area contributed by atoms with Crippen LogP contribution >= 0.6 is 11.3 Å². The Balaban J connectivity index is 1.49. The summed E-state index contributed by atoms with van der Waals surface area (Å²) in [7, 11) is 0. The van der Waals surface area contributed by atoms with E-state index < -0.39 is 0 Å². The maximum Gasteiger partial charge on any atom is 0.266 e. The number of imide groups is 1. The zero-order valence-electron chi connectivity index (χ0n) is 13.5. The van der Waals surface area contributed by atoms with Crippen molar-refractivity contribution in [3.8, 4) is 0 Å². The number of nitrogens with one attached hydrogen (secondary N) is 1. The first kappa shape index (κ1) is 16.2. The van der Waals surface area contributed by atoms with E-state index in [9.17, 15) is 14.4 Å². The molecule has 0 spiro atoms. The van der Waals surface area contributed by atoms with Gasteiger partial charge in [-0.15, -0.1) is 11.3 Å². The van der Waals surface area contributed by atoms with Gasteiger partial charge in [-0.2, -0.15) is 0 Å². The number of carbonyl (C=O) groups is 3. The monoisotopic (exact) mass is 363 g/mol. The van der Waals surface area contributed by atoms with Gasteiger partial charge in [-0.1, -0.05) is 24.3 Å². The second-order valence-electron chi connectivity index (χ2n) is 5.72. The van der Waals surface area contributed by atoms with Crippen molar-refractivity contribution < 1.29 is 14.4 Å². The van der Waals surface area contributed by atoms with Crippen molar-refractivity contribution >= 4 is 39.9 Å². The van der Waals surface area contributed by atoms with Crippen molar-refractivity contribution in [3.63, 3.8) is 0 Å². The van der Waals surface area contributed by atoms with Gasteiger partial charge in [-0.05, 0) is 29.8 Å². The molecule has 3 aromatic rings. The Labute approximate surface area is 153 Å². The highest BCUT2D eigenvalue weighted by Crippen LogP contribution is 2.28. The van der Waals surface area contributed by atoms with E-state index in [1.54, 1.807) is 60.1 Å². The number of hydrogen-bond donors (Lipinski definition) is 1. The number of fused-ring (bicyclic) bond motifs is 1. The second-order valence-corrected chi connectivity index (χ2v) is 6.61. The lowest BCUT2D eigenvalue weighted by Crippen LogP contribution is -2.29. The van der Waals surface area contributed by atoms with E-state index in [2.05, 4.69) is 10.3 Å². The van der Waals surface area contributed by atoms with Crippen molar-refractivity contribution in [1.29, 1.82) is 0 Å². The van der Waals surface area contributed by atoms with Crippen LogP contribution in [0.4, 0.5) is 10.8 Å². The third-order valence-corrected chi connectivity index (χ3v) is 4.72. The molecule has 26 heavy (non-hydrogen) atoms. The van der Waals surface area contributed by atoms with Gasteiger partial charge in [0.15, 0.2) is 5.13 Å². The van der Waals surface area contributed by atoms with Gasteiger partial charge < -0.3 is 5.32 Å². The second kappa shape index (κ2) is 6.53. The van der Waals surface area contributed by atoms with Crippen LogP contribution in [0.5, 0.6) is 0 Å². The molecule has 7 heteroatoms. The minimum Gasteiger partial charge on any atom is -0.302 e. The lowest BCUT2D eigenvalue weighted by Gasteiger charge is -2.14. The lowest BCUT2D eigenvalue weighted by molar-refractivity contribution is -0.115. The van der Waals surface area contributed by atoms with E-state index in [0.29, 0.717) is 21.9 Å². The Morgan fingerprint density at radius 3 is 2.23 bits per heavy atom. The van der Waals surface area contributed by atoms with Crippen LogP contribution in [0.15, 0.2) is 60.1 Å². The lowest BCUT2D eigenvalue weighted by atomic mass is 10.1. The number of amides is 3. The Morgan fingerprint density at radius 2 is 1.65 bits per heavy atom. The molecule has 1 aliphatic heterocycles. The van der Waals surface area contributed by atoms with Crippen LogP contribution < -0.4 is 10.2 Å². The molecule has 1 N–H and O–H groups in total. The first-order valence-electron chi connectivity index (χ1n) is 7.89. The maximum absolute atomic E-state index is 12.5. The summed E-state index contributed by atoms with van der Waals surface area (Å²) in [5.74, 6) is -0.840. The largest absolute Gasteiger partial charge is 0.302 e. The van der Waals surface area contributed by atoms with Crippen LogP contribution in [-0.2, 0) is 11.2 Å². The molecule has 0 bridgehead atoms. The maximum atomic E-state index is 12.5. The topological polar surface area (TPSA) is 79.4 Å². The molecule has 0 saturated heterocycles. The molecular formula is C19H13N3O3S. The molecule has 0 atom stereocenters. The van der Waals surface area contributed by atoms with Crippen molar-refractivity contribution in [2.24, 2.45) is 0 Å². The molecule has 1 aliphatic rings. The number of benzene rings is 2. The van der Waals surface area contributed by atoms with Crippen molar-refractivity contribution in [2.75, 3.05) is 10.2 Å². The molecular weight excluding hydrogens is 350 g/mol. The molecule has 1 aromatic heterocycles. The van der Waals surface area contributed by atoms with Gasteiger partial charge in [-0.3, -0.25) is 14.4 Å².